The SMILES string of the molecule is Cc1cn2c(c1C(=O)OC(C)C)SCC2=CC(=O)NCCO. The van der Waals surface area contributed by atoms with Gasteiger partial charge in [-0.25, -0.2) is 4.79 Å². The van der Waals surface area contributed by atoms with Crippen LogP contribution in [0.25, 0.3) is 5.70 Å². The second-order valence-corrected chi connectivity index (χ2v) is 6.22. The molecular formula is C15H20N2O4S. The molecule has 22 heavy (non-hydrogen) atoms. The number of fused-ring (bicyclic) bond motifs is 1. The number of nitrogens with one attached hydrogen (secondary N) is 1. The third-order valence-electron chi connectivity index (χ3n) is 3.07. The van der Waals surface area contributed by atoms with Gasteiger partial charge < -0.3 is 19.7 Å². The normalized spacial score (nSPS) is 15.2. The first-order valence-corrected chi connectivity index (χ1v) is 8.08. The lowest BCUT2D eigenvalue weighted by atomic mass is 10.2. The van der Waals surface area contributed by atoms with Crippen LogP contribution < -0.4 is 5.32 Å². The summed E-state index contributed by atoms with van der Waals surface area (Å²) in [6.45, 7) is 5.61. The third-order valence-corrected chi connectivity index (χ3v) is 4.19. The van der Waals surface area contributed by atoms with Gasteiger partial charge in [-0.05, 0) is 26.3 Å². The van der Waals surface area contributed by atoms with Crippen molar-refractivity contribution in [2.45, 2.75) is 31.9 Å². The molecule has 0 radical (unpaired) electrons. The Morgan fingerprint density at radius 1 is 1.55 bits per heavy atom. The van der Waals surface area contributed by atoms with Crippen LogP contribution >= 0.6 is 11.8 Å². The molecule has 120 valence electrons. The summed E-state index contributed by atoms with van der Waals surface area (Å²) < 4.78 is 7.13. The molecule has 7 heteroatoms. The Kier molecular flexibility index (Phi) is 5.31. The maximum Gasteiger partial charge on any atom is 0.341 e. The van der Waals surface area contributed by atoms with Crippen molar-refractivity contribution in [2.24, 2.45) is 0 Å². The number of aliphatic hydroxyl groups excluding tert-OH is 1. The molecule has 0 atom stereocenters. The highest BCUT2D eigenvalue weighted by molar-refractivity contribution is 8.00. The van der Waals surface area contributed by atoms with E-state index in [1.807, 2.05) is 31.5 Å². The quantitative estimate of drug-likeness (QED) is 0.632. The summed E-state index contributed by atoms with van der Waals surface area (Å²) in [5, 5.41) is 12.1. The van der Waals surface area contributed by atoms with E-state index in [-0.39, 0.29) is 31.1 Å². The molecule has 2 rings (SSSR count). The number of hydrogen-bond acceptors (Lipinski definition) is 5. The van der Waals surface area contributed by atoms with Crippen molar-refractivity contribution in [2.75, 3.05) is 18.9 Å². The largest absolute Gasteiger partial charge is 0.459 e. The van der Waals surface area contributed by atoms with Crippen LogP contribution in [-0.2, 0) is 9.53 Å². The Bertz CT molecular complexity index is 619. The molecule has 1 amide bonds. The monoisotopic (exact) mass is 324 g/mol. The molecule has 1 aromatic heterocycles. The minimum Gasteiger partial charge on any atom is -0.459 e. The molecule has 1 aliphatic rings. The van der Waals surface area contributed by atoms with E-state index in [2.05, 4.69) is 5.32 Å². The molecular weight excluding hydrogens is 304 g/mol. The van der Waals surface area contributed by atoms with Crippen molar-refractivity contribution < 1.29 is 19.4 Å². The summed E-state index contributed by atoms with van der Waals surface area (Å²) in [4.78, 5) is 23.9. The molecule has 0 saturated carbocycles. The number of esters is 1. The van der Waals surface area contributed by atoms with Crippen molar-refractivity contribution in [3.05, 3.63) is 23.4 Å². The van der Waals surface area contributed by atoms with Gasteiger partial charge in [0.05, 0.1) is 23.3 Å². The van der Waals surface area contributed by atoms with E-state index >= 15 is 0 Å². The maximum absolute atomic E-state index is 12.2. The Hall–Kier alpha value is -1.73. The van der Waals surface area contributed by atoms with Crippen molar-refractivity contribution in [3.8, 4) is 0 Å². The first-order valence-electron chi connectivity index (χ1n) is 7.09. The fourth-order valence-corrected chi connectivity index (χ4v) is 3.39. The third kappa shape index (κ3) is 3.53. The molecule has 0 saturated heterocycles. The molecule has 6 nitrogen and oxygen atoms in total. The molecule has 2 heterocycles. The van der Waals surface area contributed by atoms with Crippen LogP contribution in [0, 0.1) is 6.92 Å². The average molecular weight is 324 g/mol. The highest BCUT2D eigenvalue weighted by Crippen LogP contribution is 2.38. The summed E-state index contributed by atoms with van der Waals surface area (Å²) in [6, 6.07) is 0. The molecule has 0 aromatic carbocycles. The zero-order chi connectivity index (χ0) is 16.3. The van der Waals surface area contributed by atoms with Crippen molar-refractivity contribution in [3.63, 3.8) is 0 Å². The number of thioether (sulfide) groups is 1. The summed E-state index contributed by atoms with van der Waals surface area (Å²) in [5.41, 5.74) is 2.20. The molecule has 2 N–H and O–H groups in total. The lowest BCUT2D eigenvalue weighted by Gasteiger charge is -2.08. The lowest BCUT2D eigenvalue weighted by molar-refractivity contribution is -0.116. The predicted octanol–water partition coefficient (Wildman–Crippen LogP) is 1.42. The van der Waals surface area contributed by atoms with Gasteiger partial charge in [-0.3, -0.25) is 4.79 Å². The van der Waals surface area contributed by atoms with E-state index in [0.29, 0.717) is 11.3 Å². The summed E-state index contributed by atoms with van der Waals surface area (Å²) >= 11 is 1.51. The second kappa shape index (κ2) is 7.02. The van der Waals surface area contributed by atoms with E-state index in [1.165, 1.54) is 17.8 Å². The van der Waals surface area contributed by atoms with Crippen LogP contribution in [0.5, 0.6) is 0 Å². The zero-order valence-corrected chi connectivity index (χ0v) is 13.7. The molecule has 0 fully saturated rings. The van der Waals surface area contributed by atoms with E-state index in [1.54, 1.807) is 0 Å². The summed E-state index contributed by atoms with van der Waals surface area (Å²) in [5.74, 6) is 0.0271. The molecule has 1 aliphatic heterocycles. The number of nitrogens with zero attached hydrogens (tertiary/aromatic N) is 1. The van der Waals surface area contributed by atoms with Crippen molar-refractivity contribution in [1.29, 1.82) is 0 Å². The number of carbonyl (C=O) groups excluding carboxylic acids is 2. The molecule has 0 unspecified atom stereocenters. The van der Waals surface area contributed by atoms with Gasteiger partial charge in [0.25, 0.3) is 0 Å². The number of aliphatic hydroxyl groups is 1. The topological polar surface area (TPSA) is 80.6 Å². The summed E-state index contributed by atoms with van der Waals surface area (Å²) in [7, 11) is 0. The lowest BCUT2D eigenvalue weighted by Crippen LogP contribution is -2.24. The highest BCUT2D eigenvalue weighted by atomic mass is 32.2. The van der Waals surface area contributed by atoms with E-state index in [9.17, 15) is 9.59 Å². The number of aromatic nitrogens is 1. The number of ether oxygens (including phenoxy) is 1. The van der Waals surface area contributed by atoms with Crippen LogP contribution in [0.4, 0.5) is 0 Å². The van der Waals surface area contributed by atoms with Crippen LogP contribution in [0.3, 0.4) is 0 Å². The van der Waals surface area contributed by atoms with Gasteiger partial charge in [-0.15, -0.1) is 11.8 Å². The smallest absolute Gasteiger partial charge is 0.341 e. The Labute approximate surface area is 133 Å². The summed E-state index contributed by atoms with van der Waals surface area (Å²) in [6.07, 6.45) is 3.17. The Morgan fingerprint density at radius 2 is 2.27 bits per heavy atom. The average Bonchev–Trinajstić information content (AvgIpc) is 2.94. The minimum absolute atomic E-state index is 0.0945. The molecule has 1 aromatic rings. The van der Waals surface area contributed by atoms with Crippen LogP contribution in [0.15, 0.2) is 17.3 Å². The molecule has 0 aliphatic carbocycles. The van der Waals surface area contributed by atoms with Crippen LogP contribution in [0.2, 0.25) is 0 Å². The fraction of sp³-hybridized carbons (Fsp3) is 0.467. The van der Waals surface area contributed by atoms with Gasteiger partial charge >= 0.3 is 5.97 Å². The number of aryl methyl sites for hydroxylation is 1. The van der Waals surface area contributed by atoms with E-state index in [4.69, 9.17) is 9.84 Å². The van der Waals surface area contributed by atoms with E-state index in [0.717, 1.165) is 16.3 Å². The highest BCUT2D eigenvalue weighted by Gasteiger charge is 2.28. The first kappa shape index (κ1) is 16.6. The number of amides is 1. The number of rotatable bonds is 5. The fourth-order valence-electron chi connectivity index (χ4n) is 2.19. The predicted molar refractivity (Wildman–Crippen MR) is 84.8 cm³/mol. The van der Waals surface area contributed by atoms with Gasteiger partial charge in [0.1, 0.15) is 0 Å². The minimum atomic E-state index is -0.334. The second-order valence-electron chi connectivity index (χ2n) is 5.26. The van der Waals surface area contributed by atoms with Gasteiger partial charge in [0.2, 0.25) is 5.91 Å². The van der Waals surface area contributed by atoms with Crippen molar-refractivity contribution >= 4 is 29.3 Å². The van der Waals surface area contributed by atoms with Crippen LogP contribution in [0.1, 0.15) is 29.8 Å². The van der Waals surface area contributed by atoms with Gasteiger partial charge in [0.15, 0.2) is 0 Å². The van der Waals surface area contributed by atoms with Gasteiger partial charge in [-0.1, -0.05) is 0 Å². The van der Waals surface area contributed by atoms with Crippen LogP contribution in [-0.4, -0.2) is 46.6 Å². The molecule has 0 spiro atoms. The Morgan fingerprint density at radius 3 is 2.91 bits per heavy atom. The zero-order valence-electron chi connectivity index (χ0n) is 12.9. The Balaban J connectivity index is 2.25. The van der Waals surface area contributed by atoms with Crippen molar-refractivity contribution in [1.82, 2.24) is 9.88 Å². The number of hydrogen-bond donors (Lipinski definition) is 2. The number of carbonyl (C=O) groups is 2. The standard InChI is InChI=1S/C15H20N2O4S/c1-9(2)21-15(20)13-10(3)7-17-11(8-22-14(13)17)6-12(19)16-4-5-18/h6-7,9,18H,4-5,8H2,1-3H3,(H,16,19). The van der Waals surface area contributed by atoms with Gasteiger partial charge in [-0.2, -0.15) is 0 Å². The maximum atomic E-state index is 12.2. The van der Waals surface area contributed by atoms with Gasteiger partial charge in [0, 0.05) is 30.3 Å². The van der Waals surface area contributed by atoms with E-state index < -0.39 is 0 Å². The molecule has 0 bridgehead atoms. The first-order chi connectivity index (χ1) is 10.4.